The Morgan fingerprint density at radius 2 is 1.51 bits per heavy atom. The Morgan fingerprint density at radius 3 is 2.09 bits per heavy atom. The molecule has 4 heterocycles. The van der Waals surface area contributed by atoms with Crippen LogP contribution < -0.4 is 9.80 Å². The first kappa shape index (κ1) is 24.4. The number of ether oxygens (including phenoxy) is 1. The predicted molar refractivity (Wildman–Crippen MR) is 137 cm³/mol. The average molecular weight is 501 g/mol. The van der Waals surface area contributed by atoms with Crippen LogP contribution in [-0.2, 0) is 14.8 Å². The summed E-state index contributed by atoms with van der Waals surface area (Å²) in [5.41, 5.74) is 1.74. The van der Waals surface area contributed by atoms with Gasteiger partial charge in [-0.15, -0.1) is 10.2 Å². The molecule has 0 aliphatic carbocycles. The minimum absolute atomic E-state index is 0.400. The third kappa shape index (κ3) is 5.45. The summed E-state index contributed by atoms with van der Waals surface area (Å²) >= 11 is 0. The average Bonchev–Trinajstić information content (AvgIpc) is 3.39. The number of benzene rings is 1. The van der Waals surface area contributed by atoms with E-state index >= 15 is 0 Å². The molecule has 5 rings (SSSR count). The molecule has 0 saturated carbocycles. The maximum absolute atomic E-state index is 13.2. The molecule has 3 fully saturated rings. The first-order valence-electron chi connectivity index (χ1n) is 12.7. The van der Waals surface area contributed by atoms with Crippen molar-refractivity contribution in [3.63, 3.8) is 0 Å². The minimum Gasteiger partial charge on any atom is -0.377 e. The minimum atomic E-state index is -3.50. The number of hydrogen-bond acceptors (Lipinski definition) is 8. The highest BCUT2D eigenvalue weighted by Gasteiger charge is 2.30. The second-order valence-electron chi connectivity index (χ2n) is 9.83. The maximum atomic E-state index is 13.2. The van der Waals surface area contributed by atoms with Gasteiger partial charge in [-0.3, -0.25) is 4.90 Å². The molecule has 1 atom stereocenters. The molecule has 0 spiro atoms. The molecule has 1 unspecified atom stereocenters. The zero-order chi connectivity index (χ0) is 24.4. The summed E-state index contributed by atoms with van der Waals surface area (Å²) in [5, 5.41) is 8.99. The number of aryl methyl sites for hydroxylation is 2. The van der Waals surface area contributed by atoms with Gasteiger partial charge in [0.2, 0.25) is 10.0 Å². The quantitative estimate of drug-likeness (QED) is 0.595. The van der Waals surface area contributed by atoms with E-state index in [0.717, 1.165) is 62.1 Å². The van der Waals surface area contributed by atoms with Crippen molar-refractivity contribution >= 4 is 21.7 Å². The summed E-state index contributed by atoms with van der Waals surface area (Å²) in [4.78, 5) is 7.30. The first-order chi connectivity index (χ1) is 16.9. The summed E-state index contributed by atoms with van der Waals surface area (Å²) in [6.07, 6.45) is 2.76. The molecule has 35 heavy (non-hydrogen) atoms. The van der Waals surface area contributed by atoms with Crippen LogP contribution in [0.4, 0.5) is 11.6 Å². The monoisotopic (exact) mass is 500 g/mol. The Labute approximate surface area is 208 Å². The van der Waals surface area contributed by atoms with Crippen molar-refractivity contribution in [2.75, 3.05) is 75.3 Å². The molecule has 0 radical (unpaired) electrons. The van der Waals surface area contributed by atoms with Gasteiger partial charge in [0, 0.05) is 65.5 Å². The van der Waals surface area contributed by atoms with Crippen LogP contribution in [0, 0.1) is 13.8 Å². The number of rotatable bonds is 6. The van der Waals surface area contributed by atoms with Crippen molar-refractivity contribution in [2.45, 2.75) is 37.7 Å². The topological polar surface area (TPSA) is 82.1 Å². The molecule has 0 N–H and O–H groups in total. The molecule has 10 heteroatoms. The van der Waals surface area contributed by atoms with Crippen molar-refractivity contribution in [3.8, 4) is 0 Å². The van der Waals surface area contributed by atoms with E-state index in [2.05, 4.69) is 24.9 Å². The second-order valence-corrected chi connectivity index (χ2v) is 11.7. The van der Waals surface area contributed by atoms with Gasteiger partial charge in [-0.25, -0.2) is 8.42 Å². The summed E-state index contributed by atoms with van der Waals surface area (Å²) in [6.45, 7) is 11.7. The summed E-state index contributed by atoms with van der Waals surface area (Å²) in [5.74, 6) is 1.70. The van der Waals surface area contributed by atoms with Crippen LogP contribution in [0.2, 0.25) is 0 Å². The highest BCUT2D eigenvalue weighted by molar-refractivity contribution is 7.89. The van der Waals surface area contributed by atoms with Gasteiger partial charge < -0.3 is 14.5 Å². The lowest BCUT2D eigenvalue weighted by Crippen LogP contribution is -2.49. The summed E-state index contributed by atoms with van der Waals surface area (Å²) in [7, 11) is -3.50. The van der Waals surface area contributed by atoms with Crippen molar-refractivity contribution in [3.05, 3.63) is 41.5 Å². The van der Waals surface area contributed by atoms with E-state index < -0.39 is 10.0 Å². The standard InChI is InChI=1S/C25H36N6O3S/c1-20-5-6-21(2)23(18-20)35(32,33)31-15-13-30(14-16-31)25-8-7-24(26-27-25)29-11-9-28(10-12-29)19-22-4-3-17-34-22/h5-8,18,22H,3-4,9-17,19H2,1-2H3. The van der Waals surface area contributed by atoms with E-state index in [1.54, 1.807) is 10.4 Å². The highest BCUT2D eigenvalue weighted by atomic mass is 32.2. The Balaban J connectivity index is 1.14. The van der Waals surface area contributed by atoms with Crippen LogP contribution in [0.3, 0.4) is 0 Å². The molecule has 3 aliphatic rings. The van der Waals surface area contributed by atoms with Gasteiger partial charge in [0.25, 0.3) is 0 Å². The van der Waals surface area contributed by atoms with Gasteiger partial charge in [-0.2, -0.15) is 4.31 Å². The molecule has 9 nitrogen and oxygen atoms in total. The van der Waals surface area contributed by atoms with Crippen LogP contribution in [0.15, 0.2) is 35.2 Å². The Morgan fingerprint density at radius 1 is 0.886 bits per heavy atom. The van der Waals surface area contributed by atoms with Crippen molar-refractivity contribution in [1.29, 1.82) is 0 Å². The van der Waals surface area contributed by atoms with Gasteiger partial charge in [-0.05, 0) is 56.0 Å². The maximum Gasteiger partial charge on any atom is 0.243 e. The largest absolute Gasteiger partial charge is 0.377 e. The van der Waals surface area contributed by atoms with E-state index in [1.165, 1.54) is 12.8 Å². The molecule has 190 valence electrons. The normalized spacial score (nSPS) is 22.6. The molecule has 1 aromatic carbocycles. The number of hydrogen-bond donors (Lipinski definition) is 0. The van der Waals surface area contributed by atoms with Gasteiger partial charge in [0.15, 0.2) is 11.6 Å². The molecular weight excluding hydrogens is 464 g/mol. The third-order valence-electron chi connectivity index (χ3n) is 7.34. The lowest BCUT2D eigenvalue weighted by atomic mass is 10.2. The fraction of sp³-hybridized carbons (Fsp3) is 0.600. The lowest BCUT2D eigenvalue weighted by molar-refractivity contribution is 0.0712. The second kappa shape index (κ2) is 10.4. The van der Waals surface area contributed by atoms with E-state index in [9.17, 15) is 8.42 Å². The number of anilines is 2. The molecule has 3 saturated heterocycles. The summed E-state index contributed by atoms with van der Waals surface area (Å²) in [6, 6.07) is 9.64. The number of sulfonamides is 1. The van der Waals surface area contributed by atoms with E-state index in [4.69, 9.17) is 4.74 Å². The van der Waals surface area contributed by atoms with E-state index in [1.807, 2.05) is 38.1 Å². The molecule has 0 amide bonds. The summed E-state index contributed by atoms with van der Waals surface area (Å²) < 4.78 is 33.8. The highest BCUT2D eigenvalue weighted by Crippen LogP contribution is 2.24. The van der Waals surface area contributed by atoms with Crippen LogP contribution in [0.1, 0.15) is 24.0 Å². The Bertz CT molecular complexity index is 1100. The molecule has 1 aromatic heterocycles. The van der Waals surface area contributed by atoms with Crippen molar-refractivity contribution < 1.29 is 13.2 Å². The third-order valence-corrected chi connectivity index (χ3v) is 9.38. The zero-order valence-corrected chi connectivity index (χ0v) is 21.6. The number of aromatic nitrogens is 2. The van der Waals surface area contributed by atoms with Crippen LogP contribution >= 0.6 is 0 Å². The van der Waals surface area contributed by atoms with Crippen LogP contribution in [-0.4, -0.2) is 99.4 Å². The van der Waals surface area contributed by atoms with E-state index in [-0.39, 0.29) is 0 Å². The van der Waals surface area contributed by atoms with Crippen LogP contribution in [0.25, 0.3) is 0 Å². The van der Waals surface area contributed by atoms with Gasteiger partial charge in [0.05, 0.1) is 11.0 Å². The predicted octanol–water partition coefficient (Wildman–Crippen LogP) is 1.91. The first-order valence-corrected chi connectivity index (χ1v) is 14.1. The van der Waals surface area contributed by atoms with E-state index in [0.29, 0.717) is 37.2 Å². The Kier molecular flexibility index (Phi) is 7.24. The van der Waals surface area contributed by atoms with Crippen LogP contribution in [0.5, 0.6) is 0 Å². The smallest absolute Gasteiger partial charge is 0.243 e. The van der Waals surface area contributed by atoms with Crippen molar-refractivity contribution in [2.24, 2.45) is 0 Å². The zero-order valence-electron chi connectivity index (χ0n) is 20.8. The lowest BCUT2D eigenvalue weighted by Gasteiger charge is -2.36. The molecular formula is C25H36N6O3S. The van der Waals surface area contributed by atoms with Gasteiger partial charge >= 0.3 is 0 Å². The fourth-order valence-electron chi connectivity index (χ4n) is 5.17. The van der Waals surface area contributed by atoms with Crippen molar-refractivity contribution in [1.82, 2.24) is 19.4 Å². The Hall–Kier alpha value is -2.27. The number of piperazine rings is 2. The molecule has 3 aliphatic heterocycles. The molecule has 0 bridgehead atoms. The number of nitrogens with zero attached hydrogens (tertiary/aromatic N) is 6. The van der Waals surface area contributed by atoms with Gasteiger partial charge in [-0.1, -0.05) is 12.1 Å². The van der Waals surface area contributed by atoms with Gasteiger partial charge in [0.1, 0.15) is 0 Å². The molecule has 2 aromatic rings. The SMILES string of the molecule is Cc1ccc(C)c(S(=O)(=O)N2CCN(c3ccc(N4CCN(CC5CCCO5)CC4)nn3)CC2)c1. The fourth-order valence-corrected chi connectivity index (χ4v) is 6.91.